The molecule has 0 radical (unpaired) electrons. The Hall–Kier alpha value is -4.45. The van der Waals surface area contributed by atoms with Crippen molar-refractivity contribution in [2.75, 3.05) is 4.90 Å². The number of nitro benzene ring substituents is 1. The number of hydrogen-bond donors (Lipinski definition) is 0. The average Bonchev–Trinajstić information content (AvgIpc) is 3.38. The summed E-state index contributed by atoms with van der Waals surface area (Å²) in [4.78, 5) is 25.4. The molecule has 1 aromatic heterocycles. The summed E-state index contributed by atoms with van der Waals surface area (Å²) in [6.07, 6.45) is 1.74. The molecule has 0 atom stereocenters. The Balaban J connectivity index is 1.51. The van der Waals surface area contributed by atoms with Gasteiger partial charge in [-0.05, 0) is 48.5 Å². The molecule has 31 heavy (non-hydrogen) atoms. The van der Waals surface area contributed by atoms with Gasteiger partial charge in [0.15, 0.2) is 0 Å². The molecular formula is C25H16N2O4. The number of furan rings is 1. The molecular weight excluding hydrogens is 392 g/mol. The van der Waals surface area contributed by atoms with E-state index in [1.54, 1.807) is 35.2 Å². The van der Waals surface area contributed by atoms with E-state index >= 15 is 0 Å². The molecule has 1 amide bonds. The summed E-state index contributed by atoms with van der Waals surface area (Å²) in [5.41, 5.74) is 3.75. The molecule has 6 heteroatoms. The molecule has 3 aromatic carbocycles. The lowest BCUT2D eigenvalue weighted by Crippen LogP contribution is -2.20. The van der Waals surface area contributed by atoms with Gasteiger partial charge >= 0.3 is 0 Å². The average molecular weight is 408 g/mol. The summed E-state index contributed by atoms with van der Waals surface area (Å²) >= 11 is 0. The van der Waals surface area contributed by atoms with Gasteiger partial charge < -0.3 is 4.42 Å². The smallest absolute Gasteiger partial charge is 0.269 e. The molecule has 0 N–H and O–H groups in total. The Kier molecular flexibility index (Phi) is 4.45. The van der Waals surface area contributed by atoms with Crippen LogP contribution in [-0.4, -0.2) is 10.8 Å². The van der Waals surface area contributed by atoms with Crippen LogP contribution in [0.25, 0.3) is 23.0 Å². The molecule has 1 aliphatic rings. The third-order valence-electron chi connectivity index (χ3n) is 5.16. The maximum atomic E-state index is 13.3. The number of nitro groups is 1. The SMILES string of the molecule is O=C1/C(=C/c2ccc(-c3ccc([N+](=O)[O-])cc3)o2)c2ccccc2N1c1ccccc1. The van der Waals surface area contributed by atoms with Crippen LogP contribution in [0.1, 0.15) is 11.3 Å². The maximum absolute atomic E-state index is 13.3. The lowest BCUT2D eigenvalue weighted by atomic mass is 10.1. The number of carbonyl (C=O) groups excluding carboxylic acids is 1. The summed E-state index contributed by atoms with van der Waals surface area (Å²) < 4.78 is 5.92. The summed E-state index contributed by atoms with van der Waals surface area (Å²) in [7, 11) is 0. The van der Waals surface area contributed by atoms with Crippen LogP contribution in [0, 0.1) is 10.1 Å². The number of amides is 1. The quantitative estimate of drug-likeness (QED) is 0.233. The molecule has 150 valence electrons. The van der Waals surface area contributed by atoms with E-state index in [0.29, 0.717) is 17.1 Å². The third-order valence-corrected chi connectivity index (χ3v) is 5.16. The number of benzene rings is 3. The predicted octanol–water partition coefficient (Wildman–Crippen LogP) is 6.07. The highest BCUT2D eigenvalue weighted by Crippen LogP contribution is 2.42. The zero-order valence-electron chi connectivity index (χ0n) is 16.3. The van der Waals surface area contributed by atoms with Crippen LogP contribution in [0.3, 0.4) is 0 Å². The van der Waals surface area contributed by atoms with E-state index in [2.05, 4.69) is 0 Å². The fraction of sp³-hybridized carbons (Fsp3) is 0. The molecule has 5 rings (SSSR count). The van der Waals surface area contributed by atoms with E-state index in [1.165, 1.54) is 12.1 Å². The number of nitrogens with zero attached hydrogens (tertiary/aromatic N) is 2. The van der Waals surface area contributed by atoms with Crippen molar-refractivity contribution in [1.29, 1.82) is 0 Å². The second kappa shape index (κ2) is 7.42. The first-order valence-electron chi connectivity index (χ1n) is 9.67. The lowest BCUT2D eigenvalue weighted by Gasteiger charge is -2.16. The first-order valence-corrected chi connectivity index (χ1v) is 9.67. The number of carbonyl (C=O) groups is 1. The van der Waals surface area contributed by atoms with Crippen molar-refractivity contribution in [3.8, 4) is 11.3 Å². The molecule has 0 saturated carbocycles. The van der Waals surface area contributed by atoms with Crippen molar-refractivity contribution in [2.24, 2.45) is 0 Å². The van der Waals surface area contributed by atoms with Crippen LogP contribution in [0.15, 0.2) is 95.4 Å². The van der Waals surface area contributed by atoms with Gasteiger partial charge in [-0.15, -0.1) is 0 Å². The first-order chi connectivity index (χ1) is 15.1. The summed E-state index contributed by atoms with van der Waals surface area (Å²) in [5, 5.41) is 10.8. The molecule has 0 unspecified atom stereocenters. The summed E-state index contributed by atoms with van der Waals surface area (Å²) in [5.74, 6) is 0.975. The number of non-ortho nitro benzene ring substituents is 1. The Bertz CT molecular complexity index is 1320. The van der Waals surface area contributed by atoms with E-state index in [0.717, 1.165) is 22.5 Å². The second-order valence-electron chi connectivity index (χ2n) is 7.06. The van der Waals surface area contributed by atoms with E-state index in [1.807, 2.05) is 54.6 Å². The van der Waals surface area contributed by atoms with Gasteiger partial charge in [0, 0.05) is 28.9 Å². The maximum Gasteiger partial charge on any atom is 0.269 e. The highest BCUT2D eigenvalue weighted by molar-refractivity contribution is 6.37. The molecule has 0 aliphatic carbocycles. The third kappa shape index (κ3) is 3.30. The van der Waals surface area contributed by atoms with Crippen molar-refractivity contribution in [3.63, 3.8) is 0 Å². The van der Waals surface area contributed by atoms with Crippen molar-refractivity contribution >= 4 is 34.6 Å². The molecule has 0 saturated heterocycles. The van der Waals surface area contributed by atoms with Crippen molar-refractivity contribution in [1.82, 2.24) is 0 Å². The minimum absolute atomic E-state index is 0.0202. The molecule has 2 heterocycles. The first kappa shape index (κ1) is 18.6. The minimum atomic E-state index is -0.441. The van der Waals surface area contributed by atoms with Gasteiger partial charge in [0.2, 0.25) is 0 Å². The van der Waals surface area contributed by atoms with Crippen LogP contribution < -0.4 is 4.90 Å². The zero-order valence-corrected chi connectivity index (χ0v) is 16.3. The summed E-state index contributed by atoms with van der Waals surface area (Å²) in [6.45, 7) is 0. The number of para-hydroxylation sites is 2. The van der Waals surface area contributed by atoms with Gasteiger partial charge in [0.05, 0.1) is 16.2 Å². The van der Waals surface area contributed by atoms with E-state index in [4.69, 9.17) is 4.42 Å². The lowest BCUT2D eigenvalue weighted by molar-refractivity contribution is -0.384. The van der Waals surface area contributed by atoms with Gasteiger partial charge in [-0.1, -0.05) is 36.4 Å². The van der Waals surface area contributed by atoms with Crippen molar-refractivity contribution in [3.05, 3.63) is 112 Å². The molecule has 4 aromatic rings. The van der Waals surface area contributed by atoms with Gasteiger partial charge in [-0.3, -0.25) is 19.8 Å². The van der Waals surface area contributed by atoms with Crippen molar-refractivity contribution < 1.29 is 14.1 Å². The Morgan fingerprint density at radius 1 is 0.839 bits per heavy atom. The fourth-order valence-corrected chi connectivity index (χ4v) is 3.69. The van der Waals surface area contributed by atoms with Crippen LogP contribution in [0.5, 0.6) is 0 Å². The largest absolute Gasteiger partial charge is 0.457 e. The highest BCUT2D eigenvalue weighted by Gasteiger charge is 2.33. The van der Waals surface area contributed by atoms with Gasteiger partial charge in [-0.25, -0.2) is 0 Å². The Morgan fingerprint density at radius 2 is 1.55 bits per heavy atom. The monoisotopic (exact) mass is 408 g/mol. The van der Waals surface area contributed by atoms with Gasteiger partial charge in [0.25, 0.3) is 11.6 Å². The van der Waals surface area contributed by atoms with E-state index < -0.39 is 4.92 Å². The molecule has 0 fully saturated rings. The molecule has 1 aliphatic heterocycles. The number of hydrogen-bond acceptors (Lipinski definition) is 4. The normalized spacial score (nSPS) is 14.1. The molecule has 0 bridgehead atoms. The van der Waals surface area contributed by atoms with E-state index in [-0.39, 0.29) is 11.6 Å². The van der Waals surface area contributed by atoms with Gasteiger partial charge in [0.1, 0.15) is 11.5 Å². The second-order valence-corrected chi connectivity index (χ2v) is 7.06. The number of fused-ring (bicyclic) bond motifs is 1. The summed E-state index contributed by atoms with van der Waals surface area (Å²) in [6, 6.07) is 26.9. The Labute approximate surface area is 177 Å². The van der Waals surface area contributed by atoms with Gasteiger partial charge in [-0.2, -0.15) is 0 Å². The van der Waals surface area contributed by atoms with E-state index in [9.17, 15) is 14.9 Å². The van der Waals surface area contributed by atoms with Crippen LogP contribution in [0.2, 0.25) is 0 Å². The molecule has 6 nitrogen and oxygen atoms in total. The minimum Gasteiger partial charge on any atom is -0.457 e. The Morgan fingerprint density at radius 3 is 2.29 bits per heavy atom. The standard InChI is InChI=1S/C25H16N2O4/c28-25-22(21-8-4-5-9-23(21)26(25)18-6-2-1-3-7-18)16-20-14-15-24(31-20)17-10-12-19(13-11-17)27(29)30/h1-16H/b22-16+. The van der Waals surface area contributed by atoms with Crippen LogP contribution >= 0.6 is 0 Å². The number of anilines is 2. The highest BCUT2D eigenvalue weighted by atomic mass is 16.6. The van der Waals surface area contributed by atoms with Crippen LogP contribution in [0.4, 0.5) is 17.1 Å². The topological polar surface area (TPSA) is 76.6 Å². The van der Waals surface area contributed by atoms with Crippen molar-refractivity contribution in [2.45, 2.75) is 0 Å². The fourth-order valence-electron chi connectivity index (χ4n) is 3.69. The van der Waals surface area contributed by atoms with Crippen LogP contribution in [-0.2, 0) is 4.79 Å². The zero-order chi connectivity index (χ0) is 21.4. The molecule has 0 spiro atoms. The predicted molar refractivity (Wildman–Crippen MR) is 119 cm³/mol. The number of rotatable bonds is 4.